The molecule has 0 aliphatic rings. The van der Waals surface area contributed by atoms with Crippen LogP contribution >= 0.6 is 11.3 Å². The van der Waals surface area contributed by atoms with Crippen molar-refractivity contribution in [3.8, 4) is 0 Å². The first-order valence-corrected chi connectivity index (χ1v) is 5.86. The summed E-state index contributed by atoms with van der Waals surface area (Å²) in [4.78, 5) is 15.8. The minimum absolute atomic E-state index is 0.141. The summed E-state index contributed by atoms with van der Waals surface area (Å²) in [6, 6.07) is 7.24. The number of alkyl halides is 3. The summed E-state index contributed by atoms with van der Waals surface area (Å²) in [5, 5.41) is 0.483. The van der Waals surface area contributed by atoms with Crippen LogP contribution in [0.25, 0.3) is 10.2 Å². The normalized spacial score (nSPS) is 11.8. The first kappa shape index (κ1) is 12.8. The molecule has 2 aromatic rings. The van der Waals surface area contributed by atoms with Crippen molar-refractivity contribution in [1.29, 1.82) is 0 Å². The molecule has 1 heterocycles. The molecule has 3 nitrogen and oxygen atoms in total. The van der Waals surface area contributed by atoms with E-state index in [0.717, 1.165) is 17.3 Å². The van der Waals surface area contributed by atoms with Crippen LogP contribution in [0.15, 0.2) is 24.3 Å². The predicted octanol–water partition coefficient (Wildman–Crippen LogP) is 2.82. The van der Waals surface area contributed by atoms with E-state index in [9.17, 15) is 18.0 Å². The van der Waals surface area contributed by atoms with E-state index in [0.29, 0.717) is 9.91 Å². The average molecular weight is 274 g/mol. The maximum absolute atomic E-state index is 12.2. The Labute approximate surface area is 105 Å². The average Bonchev–Trinajstić information content (AvgIpc) is 2.68. The fraction of sp³-hybridized carbons (Fsp3) is 0.273. The van der Waals surface area contributed by atoms with E-state index in [4.69, 9.17) is 0 Å². The van der Waals surface area contributed by atoms with Crippen molar-refractivity contribution in [2.75, 3.05) is 7.05 Å². The quantitative estimate of drug-likeness (QED) is 0.843. The van der Waals surface area contributed by atoms with Crippen molar-refractivity contribution in [1.82, 2.24) is 9.88 Å². The number of thiazole rings is 1. The van der Waals surface area contributed by atoms with Crippen LogP contribution in [0.1, 0.15) is 5.01 Å². The molecule has 1 aromatic carbocycles. The summed E-state index contributed by atoms with van der Waals surface area (Å²) >= 11 is 1.28. The zero-order chi connectivity index (χ0) is 13.3. The molecule has 0 radical (unpaired) electrons. The second-order valence-corrected chi connectivity index (χ2v) is 4.85. The van der Waals surface area contributed by atoms with Gasteiger partial charge in [0, 0.05) is 7.05 Å². The van der Waals surface area contributed by atoms with Gasteiger partial charge in [-0.2, -0.15) is 13.2 Å². The highest BCUT2D eigenvalue weighted by molar-refractivity contribution is 7.18. The van der Waals surface area contributed by atoms with Crippen LogP contribution in [0, 0.1) is 0 Å². The van der Waals surface area contributed by atoms with Crippen LogP contribution in [0.3, 0.4) is 0 Å². The van der Waals surface area contributed by atoms with Gasteiger partial charge in [0.15, 0.2) is 0 Å². The topological polar surface area (TPSA) is 33.2 Å². The van der Waals surface area contributed by atoms with Gasteiger partial charge in [0.05, 0.1) is 16.8 Å². The van der Waals surface area contributed by atoms with Gasteiger partial charge in [-0.05, 0) is 12.1 Å². The lowest BCUT2D eigenvalue weighted by Crippen LogP contribution is -2.37. The van der Waals surface area contributed by atoms with Gasteiger partial charge in [-0.1, -0.05) is 12.1 Å². The number of hydrogen-bond donors (Lipinski definition) is 0. The fourth-order valence-electron chi connectivity index (χ4n) is 1.48. The number of amides is 1. The van der Waals surface area contributed by atoms with Gasteiger partial charge >= 0.3 is 12.1 Å². The lowest BCUT2D eigenvalue weighted by atomic mass is 10.3. The van der Waals surface area contributed by atoms with Crippen LogP contribution in [0.2, 0.25) is 0 Å². The van der Waals surface area contributed by atoms with E-state index in [-0.39, 0.29) is 6.54 Å². The van der Waals surface area contributed by atoms with Crippen LogP contribution in [0.5, 0.6) is 0 Å². The number of fused-ring (bicyclic) bond motifs is 1. The number of nitrogens with zero attached hydrogens (tertiary/aromatic N) is 2. The number of aromatic nitrogens is 1. The SMILES string of the molecule is CN(Cc1nc2ccccc2s1)C(=O)C(F)(F)F. The summed E-state index contributed by atoms with van der Waals surface area (Å²) in [5.74, 6) is -1.86. The number of halogens is 3. The van der Waals surface area contributed by atoms with Crippen molar-refractivity contribution in [3.05, 3.63) is 29.3 Å². The van der Waals surface area contributed by atoms with E-state index in [2.05, 4.69) is 4.98 Å². The van der Waals surface area contributed by atoms with Gasteiger partial charge in [-0.15, -0.1) is 11.3 Å². The van der Waals surface area contributed by atoms with E-state index in [1.807, 2.05) is 12.1 Å². The van der Waals surface area contributed by atoms with Crippen LogP contribution in [0.4, 0.5) is 13.2 Å². The highest BCUT2D eigenvalue weighted by atomic mass is 32.1. The Hall–Kier alpha value is -1.63. The Bertz CT molecular complexity index is 546. The van der Waals surface area contributed by atoms with Gasteiger partial charge in [0.25, 0.3) is 0 Å². The Morgan fingerprint density at radius 3 is 2.67 bits per heavy atom. The van der Waals surface area contributed by atoms with Gasteiger partial charge in [0.1, 0.15) is 5.01 Å². The lowest BCUT2D eigenvalue weighted by Gasteiger charge is -2.16. The summed E-state index contributed by atoms with van der Waals surface area (Å²) in [5.41, 5.74) is 0.727. The first-order chi connectivity index (χ1) is 8.38. The molecule has 0 aliphatic heterocycles. The monoisotopic (exact) mass is 274 g/mol. The standard InChI is InChI=1S/C11H9F3N2OS/c1-16(10(17)11(12,13)14)6-9-15-7-4-2-3-5-8(7)18-9/h2-5H,6H2,1H3. The van der Waals surface area contributed by atoms with Gasteiger partial charge in [-0.25, -0.2) is 4.98 Å². The number of carbonyl (C=O) groups excluding carboxylic acids is 1. The van der Waals surface area contributed by atoms with Crippen LogP contribution in [-0.4, -0.2) is 29.0 Å². The van der Waals surface area contributed by atoms with Crippen molar-refractivity contribution in [2.45, 2.75) is 12.7 Å². The highest BCUT2D eigenvalue weighted by Crippen LogP contribution is 2.24. The lowest BCUT2D eigenvalue weighted by molar-refractivity contribution is -0.184. The van der Waals surface area contributed by atoms with Gasteiger partial charge in [-0.3, -0.25) is 4.79 Å². The molecule has 96 valence electrons. The van der Waals surface area contributed by atoms with Crippen molar-refractivity contribution in [2.24, 2.45) is 0 Å². The largest absolute Gasteiger partial charge is 0.471 e. The highest BCUT2D eigenvalue weighted by Gasteiger charge is 2.41. The molecule has 18 heavy (non-hydrogen) atoms. The second kappa shape index (κ2) is 4.56. The van der Waals surface area contributed by atoms with Gasteiger partial charge < -0.3 is 4.90 Å². The molecule has 1 aromatic heterocycles. The molecule has 0 bridgehead atoms. The number of benzene rings is 1. The number of carbonyl (C=O) groups is 1. The zero-order valence-electron chi connectivity index (χ0n) is 9.36. The molecule has 7 heteroatoms. The summed E-state index contributed by atoms with van der Waals surface area (Å²) < 4.78 is 37.5. The molecule has 2 rings (SSSR count). The Balaban J connectivity index is 2.16. The van der Waals surface area contributed by atoms with Crippen LogP contribution < -0.4 is 0 Å². The molecule has 0 unspecified atom stereocenters. The van der Waals surface area contributed by atoms with Crippen molar-refractivity contribution < 1.29 is 18.0 Å². The molecular weight excluding hydrogens is 265 g/mol. The van der Waals surface area contributed by atoms with E-state index in [1.165, 1.54) is 11.3 Å². The third-order valence-corrected chi connectivity index (χ3v) is 3.32. The third kappa shape index (κ3) is 2.61. The second-order valence-electron chi connectivity index (χ2n) is 3.73. The number of para-hydroxylation sites is 1. The maximum atomic E-state index is 12.2. The Kier molecular flexibility index (Phi) is 3.25. The van der Waals surface area contributed by atoms with Crippen molar-refractivity contribution in [3.63, 3.8) is 0 Å². The fourth-order valence-corrected chi connectivity index (χ4v) is 2.50. The molecule has 0 N–H and O–H groups in total. The molecule has 0 fully saturated rings. The molecule has 0 saturated heterocycles. The maximum Gasteiger partial charge on any atom is 0.471 e. The zero-order valence-corrected chi connectivity index (χ0v) is 10.2. The molecule has 0 saturated carbocycles. The molecule has 0 aliphatic carbocycles. The van der Waals surface area contributed by atoms with E-state index < -0.39 is 12.1 Å². The van der Waals surface area contributed by atoms with E-state index >= 15 is 0 Å². The third-order valence-electron chi connectivity index (χ3n) is 2.30. The smallest absolute Gasteiger partial charge is 0.331 e. The number of hydrogen-bond acceptors (Lipinski definition) is 3. The molecular formula is C11H9F3N2OS. The molecule has 0 spiro atoms. The summed E-state index contributed by atoms with van der Waals surface area (Å²) in [7, 11) is 1.11. The molecule has 1 amide bonds. The van der Waals surface area contributed by atoms with Gasteiger partial charge in [0.2, 0.25) is 0 Å². The first-order valence-electron chi connectivity index (χ1n) is 5.04. The Morgan fingerprint density at radius 1 is 1.39 bits per heavy atom. The minimum atomic E-state index is -4.84. The Morgan fingerprint density at radius 2 is 2.06 bits per heavy atom. The minimum Gasteiger partial charge on any atom is -0.331 e. The predicted molar refractivity (Wildman–Crippen MR) is 62.1 cm³/mol. The summed E-state index contributed by atoms with van der Waals surface area (Å²) in [6.45, 7) is -0.141. The molecule has 0 atom stereocenters. The summed E-state index contributed by atoms with van der Waals surface area (Å²) in [6.07, 6.45) is -4.84. The van der Waals surface area contributed by atoms with E-state index in [1.54, 1.807) is 12.1 Å². The van der Waals surface area contributed by atoms with Crippen LogP contribution in [-0.2, 0) is 11.3 Å². The number of rotatable bonds is 2. The van der Waals surface area contributed by atoms with Crippen molar-refractivity contribution >= 4 is 27.5 Å².